The molecule has 0 heterocycles. The monoisotopic (exact) mass is 219 g/mol. The van der Waals surface area contributed by atoms with E-state index in [2.05, 4.69) is 9.73 Å². The van der Waals surface area contributed by atoms with Gasteiger partial charge in [-0.25, -0.2) is 4.99 Å². The first-order valence-corrected chi connectivity index (χ1v) is 3.83. The zero-order chi connectivity index (χ0) is 11.5. The molecule has 4 nitrogen and oxygen atoms in total. The van der Waals surface area contributed by atoms with E-state index in [1.807, 2.05) is 0 Å². The fourth-order valence-electron chi connectivity index (χ4n) is 0.900. The Kier molecular flexibility index (Phi) is 3.03. The van der Waals surface area contributed by atoms with Gasteiger partial charge in [-0.2, -0.15) is 0 Å². The van der Waals surface area contributed by atoms with Crippen molar-refractivity contribution in [3.05, 3.63) is 24.3 Å². The van der Waals surface area contributed by atoms with Crippen molar-refractivity contribution in [2.75, 3.05) is 0 Å². The number of benzene rings is 1. The lowest BCUT2D eigenvalue weighted by Gasteiger charge is -2.10. The van der Waals surface area contributed by atoms with Gasteiger partial charge in [-0.3, -0.25) is 0 Å². The SMILES string of the molecule is NC(N)=Nc1ccccc1OC(F)(F)F. The lowest BCUT2D eigenvalue weighted by molar-refractivity contribution is -0.274. The van der Waals surface area contributed by atoms with E-state index in [0.717, 1.165) is 6.07 Å². The topological polar surface area (TPSA) is 73.6 Å². The number of para-hydroxylation sites is 2. The molecule has 0 unspecified atom stereocenters. The van der Waals surface area contributed by atoms with Crippen LogP contribution in [-0.2, 0) is 0 Å². The molecule has 0 aliphatic carbocycles. The molecule has 0 saturated heterocycles. The summed E-state index contributed by atoms with van der Waals surface area (Å²) in [5.41, 5.74) is 10.0. The van der Waals surface area contributed by atoms with Crippen molar-refractivity contribution in [1.82, 2.24) is 0 Å². The summed E-state index contributed by atoms with van der Waals surface area (Å²) in [6, 6.07) is 5.30. The molecule has 0 bridgehead atoms. The highest BCUT2D eigenvalue weighted by Crippen LogP contribution is 2.31. The van der Waals surface area contributed by atoms with Crippen LogP contribution in [-0.4, -0.2) is 12.3 Å². The molecule has 1 aromatic rings. The van der Waals surface area contributed by atoms with Crippen LogP contribution in [0.25, 0.3) is 0 Å². The average molecular weight is 219 g/mol. The number of aliphatic imine (C=N–C) groups is 1. The molecule has 1 aromatic carbocycles. The van der Waals surface area contributed by atoms with Gasteiger partial charge in [-0.05, 0) is 12.1 Å². The second kappa shape index (κ2) is 4.07. The number of hydrogen-bond donors (Lipinski definition) is 2. The Bertz CT molecular complexity index is 372. The second-order valence-electron chi connectivity index (χ2n) is 2.55. The first kappa shape index (κ1) is 11.2. The smallest absolute Gasteiger partial charge is 0.403 e. The summed E-state index contributed by atoms with van der Waals surface area (Å²) in [6.07, 6.45) is -4.77. The quantitative estimate of drug-likeness (QED) is 0.584. The first-order chi connectivity index (χ1) is 6.88. The van der Waals surface area contributed by atoms with Crippen LogP contribution >= 0.6 is 0 Å². The Morgan fingerprint density at radius 1 is 1.20 bits per heavy atom. The number of ether oxygens (including phenoxy) is 1. The van der Waals surface area contributed by atoms with Crippen molar-refractivity contribution in [2.45, 2.75) is 6.36 Å². The Balaban J connectivity index is 3.02. The van der Waals surface area contributed by atoms with Crippen LogP contribution < -0.4 is 16.2 Å². The van der Waals surface area contributed by atoms with Gasteiger partial charge in [-0.1, -0.05) is 12.1 Å². The molecule has 7 heteroatoms. The highest BCUT2D eigenvalue weighted by molar-refractivity contribution is 5.80. The molecular weight excluding hydrogens is 211 g/mol. The maximum Gasteiger partial charge on any atom is 0.573 e. The summed E-state index contributed by atoms with van der Waals surface area (Å²) in [5.74, 6) is -0.786. The molecule has 0 spiro atoms. The Morgan fingerprint density at radius 3 is 2.33 bits per heavy atom. The van der Waals surface area contributed by atoms with Crippen molar-refractivity contribution >= 4 is 11.6 Å². The minimum atomic E-state index is -4.77. The van der Waals surface area contributed by atoms with Crippen LogP contribution in [0.15, 0.2) is 29.3 Å². The largest absolute Gasteiger partial charge is 0.573 e. The number of nitrogens with zero attached hydrogens (tertiary/aromatic N) is 1. The number of hydrogen-bond acceptors (Lipinski definition) is 2. The standard InChI is InChI=1S/C8H8F3N3O/c9-8(10,11)15-6-4-2-1-3-5(6)14-7(12)13/h1-4H,(H4,12,13,14). The zero-order valence-corrected chi connectivity index (χ0v) is 7.45. The van der Waals surface area contributed by atoms with E-state index in [-0.39, 0.29) is 11.6 Å². The summed E-state index contributed by atoms with van der Waals surface area (Å²) in [7, 11) is 0. The van der Waals surface area contributed by atoms with E-state index in [1.54, 1.807) is 0 Å². The predicted molar refractivity (Wildman–Crippen MR) is 48.6 cm³/mol. The third-order valence-electron chi connectivity index (χ3n) is 1.34. The third kappa shape index (κ3) is 3.75. The molecule has 4 N–H and O–H groups in total. The lowest BCUT2D eigenvalue weighted by atomic mass is 10.3. The Hall–Kier alpha value is -1.92. The van der Waals surface area contributed by atoms with Crippen LogP contribution in [0.1, 0.15) is 0 Å². The van der Waals surface area contributed by atoms with Crippen molar-refractivity contribution in [2.24, 2.45) is 16.5 Å². The predicted octanol–water partition coefficient (Wildman–Crippen LogP) is 1.49. The maximum absolute atomic E-state index is 11.9. The van der Waals surface area contributed by atoms with Gasteiger partial charge >= 0.3 is 6.36 Å². The van der Waals surface area contributed by atoms with E-state index in [4.69, 9.17) is 11.5 Å². The number of nitrogens with two attached hydrogens (primary N) is 2. The lowest BCUT2D eigenvalue weighted by Crippen LogP contribution is -2.22. The van der Waals surface area contributed by atoms with Crippen molar-refractivity contribution in [1.29, 1.82) is 0 Å². The van der Waals surface area contributed by atoms with Crippen LogP contribution in [0.3, 0.4) is 0 Å². The summed E-state index contributed by atoms with van der Waals surface area (Å²) in [6.45, 7) is 0. The van der Waals surface area contributed by atoms with E-state index in [1.165, 1.54) is 18.2 Å². The van der Waals surface area contributed by atoms with Gasteiger partial charge in [0.05, 0.1) is 0 Å². The molecule has 0 aromatic heterocycles. The number of guanidine groups is 1. The van der Waals surface area contributed by atoms with Gasteiger partial charge in [0.15, 0.2) is 11.7 Å². The molecule has 0 atom stereocenters. The minimum Gasteiger partial charge on any atom is -0.403 e. The molecule has 1 rings (SSSR count). The highest BCUT2D eigenvalue weighted by atomic mass is 19.4. The van der Waals surface area contributed by atoms with Crippen LogP contribution in [0.5, 0.6) is 5.75 Å². The van der Waals surface area contributed by atoms with Gasteiger partial charge in [0.25, 0.3) is 0 Å². The van der Waals surface area contributed by atoms with Gasteiger partial charge < -0.3 is 16.2 Å². The second-order valence-corrected chi connectivity index (χ2v) is 2.55. The number of halogens is 3. The molecule has 0 aliphatic rings. The summed E-state index contributed by atoms with van der Waals surface area (Å²) in [4.78, 5) is 3.49. The number of alkyl halides is 3. The van der Waals surface area contributed by atoms with Crippen LogP contribution in [0.2, 0.25) is 0 Å². The summed E-state index contributed by atoms with van der Waals surface area (Å²) >= 11 is 0. The summed E-state index contributed by atoms with van der Waals surface area (Å²) in [5, 5.41) is 0. The van der Waals surface area contributed by atoms with E-state index >= 15 is 0 Å². The van der Waals surface area contributed by atoms with E-state index < -0.39 is 12.1 Å². The van der Waals surface area contributed by atoms with E-state index in [9.17, 15) is 13.2 Å². The van der Waals surface area contributed by atoms with Crippen molar-refractivity contribution < 1.29 is 17.9 Å². The fraction of sp³-hybridized carbons (Fsp3) is 0.125. The third-order valence-corrected chi connectivity index (χ3v) is 1.34. The van der Waals surface area contributed by atoms with Crippen LogP contribution in [0, 0.1) is 0 Å². The van der Waals surface area contributed by atoms with E-state index in [0.29, 0.717) is 0 Å². The molecule has 82 valence electrons. The fourth-order valence-corrected chi connectivity index (χ4v) is 0.900. The zero-order valence-electron chi connectivity index (χ0n) is 7.45. The maximum atomic E-state index is 11.9. The van der Waals surface area contributed by atoms with Gasteiger partial charge in [0.2, 0.25) is 0 Å². The molecule has 0 radical (unpaired) electrons. The average Bonchev–Trinajstić information content (AvgIpc) is 2.05. The van der Waals surface area contributed by atoms with Crippen LogP contribution in [0.4, 0.5) is 18.9 Å². The van der Waals surface area contributed by atoms with Gasteiger partial charge in [0, 0.05) is 0 Å². The Morgan fingerprint density at radius 2 is 1.80 bits per heavy atom. The highest BCUT2D eigenvalue weighted by Gasteiger charge is 2.32. The number of rotatable bonds is 2. The normalized spacial score (nSPS) is 10.9. The first-order valence-electron chi connectivity index (χ1n) is 3.83. The van der Waals surface area contributed by atoms with Gasteiger partial charge in [-0.15, -0.1) is 13.2 Å². The summed E-state index contributed by atoms with van der Waals surface area (Å²) < 4.78 is 39.5. The van der Waals surface area contributed by atoms with Gasteiger partial charge in [0.1, 0.15) is 5.69 Å². The Labute approximate surface area is 83.3 Å². The molecular formula is C8H8F3N3O. The minimum absolute atomic E-state index is 0.0742. The molecule has 0 fully saturated rings. The molecule has 15 heavy (non-hydrogen) atoms. The van der Waals surface area contributed by atoms with Crippen molar-refractivity contribution in [3.63, 3.8) is 0 Å². The van der Waals surface area contributed by atoms with Crippen molar-refractivity contribution in [3.8, 4) is 5.75 Å². The molecule has 0 saturated carbocycles. The molecule has 0 amide bonds. The molecule has 0 aliphatic heterocycles.